The smallest absolute Gasteiger partial charge is 0.168 e. The number of carbonyl (C=O) groups is 1. The van der Waals surface area contributed by atoms with Crippen LogP contribution in [0, 0.1) is 0 Å². The Balaban J connectivity index is 2.05. The molecule has 3 nitrogen and oxygen atoms in total. The molecule has 0 bridgehead atoms. The van der Waals surface area contributed by atoms with Gasteiger partial charge in [-0.3, -0.25) is 9.78 Å². The number of hydrogen-bond acceptors (Lipinski definition) is 4. The maximum atomic E-state index is 12.0. The maximum absolute atomic E-state index is 12.0. The first kappa shape index (κ1) is 12.8. The zero-order valence-corrected chi connectivity index (χ0v) is 11.1. The molecule has 0 aliphatic carbocycles. The molecular weight excluding hydrogens is 246 g/mol. The van der Waals surface area contributed by atoms with Crippen molar-refractivity contribution in [3.63, 3.8) is 0 Å². The van der Waals surface area contributed by atoms with Crippen LogP contribution in [-0.4, -0.2) is 17.4 Å². The molecule has 0 spiro atoms. The SMILES string of the molecule is CCCOc1cncc(C(=O)Cc2ccsc2)c1. The third kappa shape index (κ3) is 3.40. The fraction of sp³-hybridized carbons (Fsp3) is 0.286. The summed E-state index contributed by atoms with van der Waals surface area (Å²) >= 11 is 1.60. The molecule has 0 fully saturated rings. The van der Waals surface area contributed by atoms with Crippen LogP contribution in [0.3, 0.4) is 0 Å². The topological polar surface area (TPSA) is 39.2 Å². The molecule has 0 atom stereocenters. The molecule has 0 aromatic carbocycles. The van der Waals surface area contributed by atoms with Gasteiger partial charge in [-0.2, -0.15) is 11.3 Å². The van der Waals surface area contributed by atoms with E-state index in [-0.39, 0.29) is 5.78 Å². The van der Waals surface area contributed by atoms with Crippen LogP contribution in [0.5, 0.6) is 5.75 Å². The fourth-order valence-electron chi connectivity index (χ4n) is 1.55. The van der Waals surface area contributed by atoms with Gasteiger partial charge in [-0.15, -0.1) is 0 Å². The average molecular weight is 261 g/mol. The Labute approximate surface area is 110 Å². The van der Waals surface area contributed by atoms with Crippen molar-refractivity contribution in [3.05, 3.63) is 46.4 Å². The monoisotopic (exact) mass is 261 g/mol. The molecule has 18 heavy (non-hydrogen) atoms. The number of pyridine rings is 1. The number of rotatable bonds is 6. The summed E-state index contributed by atoms with van der Waals surface area (Å²) in [6, 6.07) is 3.73. The van der Waals surface area contributed by atoms with E-state index in [4.69, 9.17) is 4.74 Å². The Morgan fingerprint density at radius 2 is 2.33 bits per heavy atom. The van der Waals surface area contributed by atoms with Crippen molar-refractivity contribution in [1.29, 1.82) is 0 Å². The molecule has 4 heteroatoms. The van der Waals surface area contributed by atoms with Gasteiger partial charge in [-0.25, -0.2) is 0 Å². The highest BCUT2D eigenvalue weighted by Crippen LogP contribution is 2.15. The molecule has 0 radical (unpaired) electrons. The van der Waals surface area contributed by atoms with E-state index in [2.05, 4.69) is 4.98 Å². The van der Waals surface area contributed by atoms with Crippen molar-refractivity contribution in [2.75, 3.05) is 6.61 Å². The highest BCUT2D eigenvalue weighted by molar-refractivity contribution is 7.08. The predicted octanol–water partition coefficient (Wildman–Crippen LogP) is 3.36. The number of carbonyl (C=O) groups excluding carboxylic acids is 1. The van der Waals surface area contributed by atoms with Gasteiger partial charge in [-0.1, -0.05) is 6.92 Å². The van der Waals surface area contributed by atoms with E-state index < -0.39 is 0 Å². The predicted molar refractivity (Wildman–Crippen MR) is 72.4 cm³/mol. The number of Topliss-reactive ketones (excluding diaryl/α,β-unsaturated/α-hetero) is 1. The molecule has 0 amide bonds. The van der Waals surface area contributed by atoms with Gasteiger partial charge in [0.15, 0.2) is 5.78 Å². The molecule has 0 unspecified atom stereocenters. The van der Waals surface area contributed by atoms with Crippen molar-refractivity contribution >= 4 is 17.1 Å². The van der Waals surface area contributed by atoms with Gasteiger partial charge in [0.1, 0.15) is 5.75 Å². The summed E-state index contributed by atoms with van der Waals surface area (Å²) in [5, 5.41) is 3.96. The molecule has 2 aromatic rings. The van der Waals surface area contributed by atoms with Gasteiger partial charge in [0.25, 0.3) is 0 Å². The molecule has 0 saturated carbocycles. The number of thiophene rings is 1. The van der Waals surface area contributed by atoms with Gasteiger partial charge < -0.3 is 4.74 Å². The highest BCUT2D eigenvalue weighted by atomic mass is 32.1. The number of ketones is 1. The van der Waals surface area contributed by atoms with E-state index in [0.717, 1.165) is 12.0 Å². The van der Waals surface area contributed by atoms with Crippen LogP contribution in [0.15, 0.2) is 35.3 Å². The van der Waals surface area contributed by atoms with Gasteiger partial charge >= 0.3 is 0 Å². The second-order valence-corrected chi connectivity index (χ2v) is 4.77. The Bertz CT molecular complexity index is 508. The van der Waals surface area contributed by atoms with E-state index in [1.807, 2.05) is 23.8 Å². The summed E-state index contributed by atoms with van der Waals surface area (Å²) in [5.74, 6) is 0.732. The minimum Gasteiger partial charge on any atom is -0.492 e. The Morgan fingerprint density at radius 1 is 1.44 bits per heavy atom. The molecule has 2 heterocycles. The Kier molecular flexibility index (Phi) is 4.47. The van der Waals surface area contributed by atoms with Crippen molar-refractivity contribution in [1.82, 2.24) is 4.98 Å². The minimum atomic E-state index is 0.0721. The third-order valence-electron chi connectivity index (χ3n) is 2.45. The molecule has 0 aliphatic heterocycles. The molecule has 94 valence electrons. The molecule has 2 rings (SSSR count). The summed E-state index contributed by atoms with van der Waals surface area (Å²) in [5.41, 5.74) is 1.65. The van der Waals surface area contributed by atoms with Gasteiger partial charge in [0, 0.05) is 18.2 Å². The second-order valence-electron chi connectivity index (χ2n) is 3.99. The summed E-state index contributed by atoms with van der Waals surface area (Å²) in [4.78, 5) is 16.1. The lowest BCUT2D eigenvalue weighted by Crippen LogP contribution is -2.04. The molecule has 2 aromatic heterocycles. The highest BCUT2D eigenvalue weighted by Gasteiger charge is 2.09. The third-order valence-corrected chi connectivity index (χ3v) is 3.18. The lowest BCUT2D eigenvalue weighted by Gasteiger charge is -2.05. The molecule has 0 saturated heterocycles. The van der Waals surface area contributed by atoms with Crippen LogP contribution in [0.4, 0.5) is 0 Å². The first-order valence-corrected chi connectivity index (χ1v) is 6.86. The normalized spacial score (nSPS) is 10.3. The quantitative estimate of drug-likeness (QED) is 0.748. The van der Waals surface area contributed by atoms with Crippen LogP contribution < -0.4 is 4.74 Å². The average Bonchev–Trinajstić information content (AvgIpc) is 2.89. The van der Waals surface area contributed by atoms with Crippen LogP contribution >= 0.6 is 11.3 Å². The van der Waals surface area contributed by atoms with Crippen LogP contribution in [-0.2, 0) is 6.42 Å². The Hall–Kier alpha value is -1.68. The lowest BCUT2D eigenvalue weighted by molar-refractivity contribution is 0.0992. The summed E-state index contributed by atoms with van der Waals surface area (Å²) in [6.45, 7) is 2.68. The lowest BCUT2D eigenvalue weighted by atomic mass is 10.1. The fourth-order valence-corrected chi connectivity index (χ4v) is 2.22. The van der Waals surface area contributed by atoms with E-state index in [0.29, 0.717) is 24.3 Å². The van der Waals surface area contributed by atoms with Crippen molar-refractivity contribution in [3.8, 4) is 5.75 Å². The standard InChI is InChI=1S/C14H15NO2S/c1-2-4-17-13-7-12(8-15-9-13)14(16)6-11-3-5-18-10-11/h3,5,7-10H,2,4,6H2,1H3. The second kappa shape index (κ2) is 6.31. The van der Waals surface area contributed by atoms with E-state index in [1.54, 1.807) is 29.8 Å². The Morgan fingerprint density at radius 3 is 3.06 bits per heavy atom. The number of hydrogen-bond donors (Lipinski definition) is 0. The molecule has 0 aliphatic rings. The van der Waals surface area contributed by atoms with Gasteiger partial charge in [0.2, 0.25) is 0 Å². The largest absolute Gasteiger partial charge is 0.492 e. The zero-order valence-electron chi connectivity index (χ0n) is 10.3. The number of nitrogens with zero attached hydrogens (tertiary/aromatic N) is 1. The van der Waals surface area contributed by atoms with E-state index in [9.17, 15) is 4.79 Å². The van der Waals surface area contributed by atoms with E-state index in [1.165, 1.54) is 0 Å². The summed E-state index contributed by atoms with van der Waals surface area (Å²) < 4.78 is 5.47. The minimum absolute atomic E-state index is 0.0721. The van der Waals surface area contributed by atoms with Crippen molar-refractivity contribution in [2.24, 2.45) is 0 Å². The number of ether oxygens (including phenoxy) is 1. The van der Waals surface area contributed by atoms with Crippen LogP contribution in [0.1, 0.15) is 29.3 Å². The summed E-state index contributed by atoms with van der Waals surface area (Å²) in [6.07, 6.45) is 4.58. The van der Waals surface area contributed by atoms with Crippen LogP contribution in [0.2, 0.25) is 0 Å². The molecule has 0 N–H and O–H groups in total. The summed E-state index contributed by atoms with van der Waals surface area (Å²) in [7, 11) is 0. The van der Waals surface area contributed by atoms with Crippen molar-refractivity contribution < 1.29 is 9.53 Å². The maximum Gasteiger partial charge on any atom is 0.168 e. The number of aromatic nitrogens is 1. The van der Waals surface area contributed by atoms with Gasteiger partial charge in [-0.05, 0) is 34.9 Å². The van der Waals surface area contributed by atoms with Crippen molar-refractivity contribution in [2.45, 2.75) is 19.8 Å². The van der Waals surface area contributed by atoms with E-state index >= 15 is 0 Å². The van der Waals surface area contributed by atoms with Crippen LogP contribution in [0.25, 0.3) is 0 Å². The molecular formula is C14H15NO2S. The van der Waals surface area contributed by atoms with Gasteiger partial charge in [0.05, 0.1) is 12.8 Å². The zero-order chi connectivity index (χ0) is 12.8. The first-order valence-electron chi connectivity index (χ1n) is 5.91. The first-order chi connectivity index (χ1) is 8.79.